The van der Waals surface area contributed by atoms with Gasteiger partial charge in [-0.3, -0.25) is 19.4 Å². The summed E-state index contributed by atoms with van der Waals surface area (Å²) in [6, 6.07) is 4.65. The number of benzene rings is 1. The van der Waals surface area contributed by atoms with E-state index in [0.717, 1.165) is 0 Å². The summed E-state index contributed by atoms with van der Waals surface area (Å²) < 4.78 is 10.8. The lowest BCUT2D eigenvalue weighted by Crippen LogP contribution is -2.52. The molecule has 2 rings (SSSR count). The molecule has 1 heterocycles. The van der Waals surface area contributed by atoms with Crippen molar-refractivity contribution in [3.63, 3.8) is 0 Å². The van der Waals surface area contributed by atoms with Gasteiger partial charge in [0.25, 0.3) is 11.8 Å². The summed E-state index contributed by atoms with van der Waals surface area (Å²) >= 11 is 5.05. The highest BCUT2D eigenvalue weighted by Gasteiger charge is 2.35. The van der Waals surface area contributed by atoms with Crippen LogP contribution in [0.5, 0.6) is 11.5 Å². The first-order chi connectivity index (χ1) is 12.7. The van der Waals surface area contributed by atoms with E-state index >= 15 is 0 Å². The van der Waals surface area contributed by atoms with Crippen LogP contribution in [0.2, 0.25) is 0 Å². The fourth-order valence-electron chi connectivity index (χ4n) is 2.36. The first kappa shape index (κ1) is 20.4. The van der Waals surface area contributed by atoms with E-state index in [1.54, 1.807) is 19.1 Å². The van der Waals surface area contributed by atoms with Crippen LogP contribution in [0.4, 0.5) is 0 Å². The van der Waals surface area contributed by atoms with Crippen LogP contribution >= 0.6 is 12.2 Å². The maximum absolute atomic E-state index is 12.4. The fraction of sp³-hybridized carbons (Fsp3) is 0.333. The zero-order valence-corrected chi connectivity index (χ0v) is 16.2. The quantitative estimate of drug-likeness (QED) is 0.388. The van der Waals surface area contributed by atoms with Crippen molar-refractivity contribution in [3.05, 3.63) is 29.3 Å². The normalized spacial score (nSPS) is 15.7. The Hall–Kier alpha value is -2.94. The van der Waals surface area contributed by atoms with Crippen molar-refractivity contribution in [2.45, 2.75) is 20.0 Å². The summed E-state index contributed by atoms with van der Waals surface area (Å²) in [7, 11) is 2.98. The summed E-state index contributed by atoms with van der Waals surface area (Å²) in [5.74, 6) is -1.87. The van der Waals surface area contributed by atoms with Gasteiger partial charge in [-0.2, -0.15) is 0 Å². The molecule has 0 saturated carbocycles. The molecule has 144 valence electrons. The monoisotopic (exact) mass is 391 g/mol. The molecular formula is C18H19N2O6S-. The second-order valence-corrected chi connectivity index (χ2v) is 6.15. The zero-order valence-electron chi connectivity index (χ0n) is 15.3. The summed E-state index contributed by atoms with van der Waals surface area (Å²) in [5, 5.41) is 11.0. The highest BCUT2D eigenvalue weighted by atomic mass is 32.1. The van der Waals surface area contributed by atoms with Crippen molar-refractivity contribution < 1.29 is 29.0 Å². The Morgan fingerprint density at radius 1 is 1.22 bits per heavy atom. The fourth-order valence-corrected chi connectivity index (χ4v) is 2.53. The van der Waals surface area contributed by atoms with E-state index in [9.17, 15) is 19.5 Å². The van der Waals surface area contributed by atoms with E-state index in [1.807, 2.05) is 0 Å². The molecule has 0 aromatic heterocycles. The number of carboxylic acids is 1. The minimum atomic E-state index is -1.36. The molecule has 1 aliphatic heterocycles. The van der Waals surface area contributed by atoms with E-state index in [1.165, 1.54) is 43.0 Å². The maximum Gasteiger partial charge on any atom is 0.265 e. The lowest BCUT2D eigenvalue weighted by atomic mass is 10.1. The van der Waals surface area contributed by atoms with Crippen molar-refractivity contribution in [1.29, 1.82) is 0 Å². The molecule has 0 aliphatic carbocycles. The molecular weight excluding hydrogens is 372 g/mol. The van der Waals surface area contributed by atoms with Crippen molar-refractivity contribution in [2.75, 3.05) is 20.7 Å². The molecule has 1 saturated heterocycles. The predicted molar refractivity (Wildman–Crippen MR) is 98.8 cm³/mol. The average molecular weight is 391 g/mol. The Labute approximate surface area is 161 Å². The van der Waals surface area contributed by atoms with Gasteiger partial charge in [0, 0.05) is 14.1 Å². The molecule has 1 aliphatic rings. The first-order valence-electron chi connectivity index (χ1n) is 8.13. The third-order valence-electron chi connectivity index (χ3n) is 3.86. The average Bonchev–Trinajstić information content (AvgIpc) is 2.64. The molecule has 2 amide bonds. The van der Waals surface area contributed by atoms with Gasteiger partial charge in [0.05, 0.1) is 12.6 Å². The standard InChI is InChI=1S/C18H20N2O6S/c1-5-25-14-9-11(6-7-13(14)26-10(2)17(23)24)8-12-15(21)19(3)18(27)20(4)16(12)22/h6-10H,5H2,1-4H3,(H,23,24)/p-1/t10-/m0/s1. The SMILES string of the molecule is CCOc1cc(C=C2C(=O)N(C)C(=S)N(C)C2=O)ccc1O[C@@H](C)C(=O)[O-]. The molecule has 1 fully saturated rings. The van der Waals surface area contributed by atoms with E-state index < -0.39 is 23.9 Å². The van der Waals surface area contributed by atoms with Gasteiger partial charge in [0.15, 0.2) is 16.6 Å². The number of carbonyl (C=O) groups excluding carboxylic acids is 3. The Balaban J connectivity index is 2.41. The minimum Gasteiger partial charge on any atom is -0.546 e. The van der Waals surface area contributed by atoms with Gasteiger partial charge in [-0.25, -0.2) is 0 Å². The van der Waals surface area contributed by atoms with Crippen molar-refractivity contribution in [1.82, 2.24) is 9.80 Å². The number of nitrogens with zero attached hydrogens (tertiary/aromatic N) is 2. The van der Waals surface area contributed by atoms with Gasteiger partial charge in [0.1, 0.15) is 11.7 Å². The largest absolute Gasteiger partial charge is 0.546 e. The first-order valence-corrected chi connectivity index (χ1v) is 8.54. The highest BCUT2D eigenvalue weighted by molar-refractivity contribution is 7.80. The lowest BCUT2D eigenvalue weighted by molar-refractivity contribution is -0.312. The number of amides is 2. The second-order valence-electron chi connectivity index (χ2n) is 5.79. The summed E-state index contributed by atoms with van der Waals surface area (Å²) in [4.78, 5) is 38.1. The molecule has 1 atom stereocenters. The van der Waals surface area contributed by atoms with Crippen LogP contribution in [0.25, 0.3) is 6.08 Å². The van der Waals surface area contributed by atoms with Crippen LogP contribution in [0.3, 0.4) is 0 Å². The lowest BCUT2D eigenvalue weighted by Gasteiger charge is -2.31. The van der Waals surface area contributed by atoms with Gasteiger partial charge in [-0.05, 0) is 49.8 Å². The van der Waals surface area contributed by atoms with Crippen LogP contribution in [-0.4, -0.2) is 59.5 Å². The van der Waals surface area contributed by atoms with Crippen LogP contribution in [0.1, 0.15) is 19.4 Å². The number of rotatable bonds is 6. The summed E-state index contributed by atoms with van der Waals surface area (Å²) in [5.41, 5.74) is 0.464. The number of likely N-dealkylation sites (N-methyl/N-ethyl adjacent to an activating group) is 2. The molecule has 0 spiro atoms. The van der Waals surface area contributed by atoms with Crippen LogP contribution < -0.4 is 14.6 Å². The van der Waals surface area contributed by atoms with Gasteiger partial charge < -0.3 is 19.4 Å². The Bertz CT molecular complexity index is 809. The Kier molecular flexibility index (Phi) is 6.17. The van der Waals surface area contributed by atoms with E-state index in [0.29, 0.717) is 12.2 Å². The number of aliphatic carboxylic acids is 1. The van der Waals surface area contributed by atoms with Crippen LogP contribution in [-0.2, 0) is 14.4 Å². The minimum absolute atomic E-state index is 0.0483. The summed E-state index contributed by atoms with van der Waals surface area (Å²) in [6.45, 7) is 3.42. The molecule has 8 nitrogen and oxygen atoms in total. The van der Waals surface area contributed by atoms with Crippen LogP contribution in [0.15, 0.2) is 23.8 Å². The van der Waals surface area contributed by atoms with E-state index in [4.69, 9.17) is 21.7 Å². The third kappa shape index (κ3) is 4.25. The molecule has 27 heavy (non-hydrogen) atoms. The number of carbonyl (C=O) groups is 3. The molecule has 0 N–H and O–H groups in total. The van der Waals surface area contributed by atoms with Crippen LogP contribution in [0, 0.1) is 0 Å². The highest BCUT2D eigenvalue weighted by Crippen LogP contribution is 2.31. The number of hydrogen-bond acceptors (Lipinski definition) is 7. The Morgan fingerprint density at radius 3 is 2.33 bits per heavy atom. The topological polar surface area (TPSA) is 99.2 Å². The molecule has 0 unspecified atom stereocenters. The molecule has 0 radical (unpaired) electrons. The maximum atomic E-state index is 12.4. The van der Waals surface area contributed by atoms with Crippen molar-refractivity contribution in [3.8, 4) is 11.5 Å². The number of thiocarbonyl (C=S) groups is 1. The van der Waals surface area contributed by atoms with Crippen molar-refractivity contribution in [2.24, 2.45) is 0 Å². The van der Waals surface area contributed by atoms with Gasteiger partial charge in [-0.15, -0.1) is 0 Å². The van der Waals surface area contributed by atoms with Gasteiger partial charge >= 0.3 is 0 Å². The zero-order chi connectivity index (χ0) is 20.3. The van der Waals surface area contributed by atoms with Gasteiger partial charge in [-0.1, -0.05) is 6.07 Å². The predicted octanol–water partition coefficient (Wildman–Crippen LogP) is 0.201. The number of ether oxygens (including phenoxy) is 2. The van der Waals surface area contributed by atoms with Crippen molar-refractivity contribution >= 4 is 41.2 Å². The molecule has 1 aromatic carbocycles. The van der Waals surface area contributed by atoms with E-state index in [-0.39, 0.29) is 22.2 Å². The second kappa shape index (κ2) is 8.17. The molecule has 0 bridgehead atoms. The van der Waals surface area contributed by atoms with E-state index in [2.05, 4.69) is 0 Å². The molecule has 9 heteroatoms. The summed E-state index contributed by atoms with van der Waals surface area (Å²) in [6.07, 6.45) is 0.256. The smallest absolute Gasteiger partial charge is 0.265 e. The molecule has 1 aromatic rings. The Morgan fingerprint density at radius 2 is 1.81 bits per heavy atom. The number of hydrogen-bond donors (Lipinski definition) is 0. The van der Waals surface area contributed by atoms with Gasteiger partial charge in [0.2, 0.25) is 0 Å². The third-order valence-corrected chi connectivity index (χ3v) is 4.41. The number of carboxylic acid groups (broad SMARTS) is 1.